The van der Waals surface area contributed by atoms with E-state index in [1.54, 1.807) is 4.90 Å². The molecule has 0 radical (unpaired) electrons. The predicted octanol–water partition coefficient (Wildman–Crippen LogP) is 4.55. The molecule has 2 aliphatic rings. The van der Waals surface area contributed by atoms with Gasteiger partial charge in [0.05, 0.1) is 6.42 Å². The number of carbonyl (C=O) groups is 3. The van der Waals surface area contributed by atoms with Gasteiger partial charge in [0.15, 0.2) is 0 Å². The monoisotopic (exact) mass is 464 g/mol. The fourth-order valence-electron chi connectivity index (χ4n) is 5.23. The molecular weight excluding hydrogens is 432 g/mol. The van der Waals surface area contributed by atoms with Crippen LogP contribution < -0.4 is 5.32 Å². The largest absolute Gasteiger partial charge is 0.481 e. The van der Waals surface area contributed by atoms with E-state index in [2.05, 4.69) is 29.6 Å². The summed E-state index contributed by atoms with van der Waals surface area (Å²) < 4.78 is 5.63. The SMILES string of the molecule is CCC[C@H](NC(=O)OCC1c2ccccc2-c2ccccc21)C(=O)N1CCCC[C@H]1CC(=O)O. The Bertz CT molecular complexity index is 1010. The summed E-state index contributed by atoms with van der Waals surface area (Å²) in [5.41, 5.74) is 4.56. The molecule has 4 rings (SSSR count). The summed E-state index contributed by atoms with van der Waals surface area (Å²) in [4.78, 5) is 38.9. The van der Waals surface area contributed by atoms with Crippen molar-refractivity contribution in [2.45, 2.75) is 63.5 Å². The Morgan fingerprint density at radius 2 is 1.71 bits per heavy atom. The second-order valence-corrected chi connectivity index (χ2v) is 9.09. The van der Waals surface area contributed by atoms with Crippen molar-refractivity contribution in [2.75, 3.05) is 13.2 Å². The van der Waals surface area contributed by atoms with Crippen LogP contribution in [-0.4, -0.2) is 53.2 Å². The first kappa shape index (κ1) is 23.8. The minimum Gasteiger partial charge on any atom is -0.481 e. The van der Waals surface area contributed by atoms with Gasteiger partial charge in [0.25, 0.3) is 0 Å². The number of carboxylic acid groups (broad SMARTS) is 1. The van der Waals surface area contributed by atoms with Gasteiger partial charge in [-0.25, -0.2) is 4.79 Å². The van der Waals surface area contributed by atoms with E-state index < -0.39 is 18.1 Å². The lowest BCUT2D eigenvalue weighted by molar-refractivity contribution is -0.143. The number of nitrogens with one attached hydrogen (secondary N) is 1. The van der Waals surface area contributed by atoms with Crippen molar-refractivity contribution in [1.29, 1.82) is 0 Å². The molecule has 2 aromatic carbocycles. The third-order valence-corrected chi connectivity index (χ3v) is 6.83. The number of alkyl carbamates (subject to hydrolysis) is 1. The third-order valence-electron chi connectivity index (χ3n) is 6.83. The molecule has 34 heavy (non-hydrogen) atoms. The third kappa shape index (κ3) is 5.08. The van der Waals surface area contributed by atoms with Crippen molar-refractivity contribution < 1.29 is 24.2 Å². The highest BCUT2D eigenvalue weighted by Gasteiger charge is 2.34. The molecule has 1 saturated heterocycles. The Kier molecular flexibility index (Phi) is 7.50. The highest BCUT2D eigenvalue weighted by atomic mass is 16.5. The highest BCUT2D eigenvalue weighted by Crippen LogP contribution is 2.44. The molecule has 180 valence electrons. The summed E-state index contributed by atoms with van der Waals surface area (Å²) in [7, 11) is 0. The van der Waals surface area contributed by atoms with E-state index in [0.717, 1.165) is 35.1 Å². The lowest BCUT2D eigenvalue weighted by atomic mass is 9.97. The van der Waals surface area contributed by atoms with Crippen LogP contribution in [0.4, 0.5) is 4.79 Å². The first-order valence-electron chi connectivity index (χ1n) is 12.1. The molecule has 0 unspecified atom stereocenters. The van der Waals surface area contributed by atoms with Crippen LogP contribution in [-0.2, 0) is 14.3 Å². The lowest BCUT2D eigenvalue weighted by Gasteiger charge is -2.37. The summed E-state index contributed by atoms with van der Waals surface area (Å²) in [6.45, 7) is 2.65. The molecule has 1 heterocycles. The molecule has 7 nitrogen and oxygen atoms in total. The van der Waals surface area contributed by atoms with E-state index in [0.29, 0.717) is 25.8 Å². The maximum absolute atomic E-state index is 13.3. The number of fused-ring (bicyclic) bond motifs is 3. The molecule has 2 aromatic rings. The smallest absolute Gasteiger partial charge is 0.407 e. The lowest BCUT2D eigenvalue weighted by Crippen LogP contribution is -2.54. The summed E-state index contributed by atoms with van der Waals surface area (Å²) >= 11 is 0. The number of rotatable bonds is 8. The van der Waals surface area contributed by atoms with Crippen molar-refractivity contribution in [1.82, 2.24) is 10.2 Å². The number of hydrogen-bond acceptors (Lipinski definition) is 4. The molecule has 0 bridgehead atoms. The molecule has 2 amide bonds. The van der Waals surface area contributed by atoms with Gasteiger partial charge in [0, 0.05) is 18.5 Å². The number of benzene rings is 2. The molecular formula is C27H32N2O5. The Hall–Kier alpha value is -3.35. The second kappa shape index (κ2) is 10.7. The predicted molar refractivity (Wildman–Crippen MR) is 129 cm³/mol. The molecule has 2 atom stereocenters. The molecule has 0 aromatic heterocycles. The van der Waals surface area contributed by atoms with Crippen LogP contribution in [0.25, 0.3) is 11.1 Å². The summed E-state index contributed by atoms with van der Waals surface area (Å²) in [6.07, 6.45) is 2.89. The Labute approximate surface area is 200 Å². The van der Waals surface area contributed by atoms with Crippen LogP contribution in [0.1, 0.15) is 62.5 Å². The van der Waals surface area contributed by atoms with Gasteiger partial charge in [0.1, 0.15) is 12.6 Å². The van der Waals surface area contributed by atoms with E-state index in [1.165, 1.54) is 0 Å². The minimum atomic E-state index is -0.916. The highest BCUT2D eigenvalue weighted by molar-refractivity contribution is 5.86. The van der Waals surface area contributed by atoms with Gasteiger partial charge < -0.3 is 20.1 Å². The Balaban J connectivity index is 1.42. The Morgan fingerprint density at radius 3 is 2.32 bits per heavy atom. The fraction of sp³-hybridized carbons (Fsp3) is 0.444. The number of ether oxygens (including phenoxy) is 1. The average Bonchev–Trinajstić information content (AvgIpc) is 3.16. The van der Waals surface area contributed by atoms with Gasteiger partial charge in [-0.05, 0) is 47.9 Å². The van der Waals surface area contributed by atoms with Gasteiger partial charge in [-0.3, -0.25) is 9.59 Å². The van der Waals surface area contributed by atoms with E-state index in [1.807, 2.05) is 31.2 Å². The number of amides is 2. The van der Waals surface area contributed by atoms with E-state index in [9.17, 15) is 19.5 Å². The van der Waals surface area contributed by atoms with Crippen molar-refractivity contribution in [3.8, 4) is 11.1 Å². The summed E-state index contributed by atoms with van der Waals surface area (Å²) in [6, 6.07) is 15.2. The molecule has 7 heteroatoms. The number of carbonyl (C=O) groups excluding carboxylic acids is 2. The van der Waals surface area contributed by atoms with Gasteiger partial charge in [-0.2, -0.15) is 0 Å². The minimum absolute atomic E-state index is 0.0551. The van der Waals surface area contributed by atoms with Crippen LogP contribution in [0.15, 0.2) is 48.5 Å². The second-order valence-electron chi connectivity index (χ2n) is 9.09. The summed E-state index contributed by atoms with van der Waals surface area (Å²) in [5, 5.41) is 12.0. The van der Waals surface area contributed by atoms with Gasteiger partial charge in [0.2, 0.25) is 5.91 Å². The number of piperidine rings is 1. The van der Waals surface area contributed by atoms with Crippen LogP contribution in [0.5, 0.6) is 0 Å². The zero-order valence-electron chi connectivity index (χ0n) is 19.5. The number of aliphatic carboxylic acids is 1. The molecule has 1 aliphatic carbocycles. The maximum Gasteiger partial charge on any atom is 0.407 e. The van der Waals surface area contributed by atoms with Crippen LogP contribution >= 0.6 is 0 Å². The van der Waals surface area contributed by atoms with Gasteiger partial charge >= 0.3 is 12.1 Å². The van der Waals surface area contributed by atoms with Gasteiger partial charge in [-0.1, -0.05) is 61.9 Å². The zero-order chi connectivity index (χ0) is 24.1. The normalized spacial score (nSPS) is 18.0. The maximum atomic E-state index is 13.3. The first-order valence-corrected chi connectivity index (χ1v) is 12.1. The van der Waals surface area contributed by atoms with E-state index in [-0.39, 0.29) is 30.9 Å². The number of hydrogen-bond donors (Lipinski definition) is 2. The van der Waals surface area contributed by atoms with Crippen LogP contribution in [0.3, 0.4) is 0 Å². The van der Waals surface area contributed by atoms with E-state index >= 15 is 0 Å². The average molecular weight is 465 g/mol. The van der Waals surface area contributed by atoms with Crippen molar-refractivity contribution in [2.24, 2.45) is 0 Å². The first-order chi connectivity index (χ1) is 16.5. The number of carboxylic acids is 1. The number of nitrogens with zero attached hydrogens (tertiary/aromatic N) is 1. The van der Waals surface area contributed by atoms with Crippen molar-refractivity contribution in [3.63, 3.8) is 0 Å². The summed E-state index contributed by atoms with van der Waals surface area (Å²) in [5.74, 6) is -1.19. The van der Waals surface area contributed by atoms with Crippen molar-refractivity contribution >= 4 is 18.0 Å². The molecule has 0 spiro atoms. The van der Waals surface area contributed by atoms with Crippen LogP contribution in [0.2, 0.25) is 0 Å². The molecule has 1 aliphatic heterocycles. The van der Waals surface area contributed by atoms with Crippen LogP contribution in [0, 0.1) is 0 Å². The van der Waals surface area contributed by atoms with E-state index in [4.69, 9.17) is 4.74 Å². The quantitative estimate of drug-likeness (QED) is 0.598. The van der Waals surface area contributed by atoms with Crippen molar-refractivity contribution in [3.05, 3.63) is 59.7 Å². The van der Waals surface area contributed by atoms with Gasteiger partial charge in [-0.15, -0.1) is 0 Å². The fourth-order valence-corrected chi connectivity index (χ4v) is 5.23. The standard InChI is InChI=1S/C27H32N2O5/c1-2-9-24(26(32)29-15-8-7-10-18(29)16-25(30)31)28-27(33)34-17-23-21-13-5-3-11-19(21)20-12-4-6-14-22(20)23/h3-6,11-14,18,23-24H,2,7-10,15-17H2,1H3,(H,28,33)(H,30,31)/t18-,24-/m0/s1. The number of likely N-dealkylation sites (tertiary alicyclic amines) is 1. The zero-order valence-corrected chi connectivity index (χ0v) is 19.5. The molecule has 2 N–H and O–H groups in total. The Morgan fingerprint density at radius 1 is 1.06 bits per heavy atom. The topological polar surface area (TPSA) is 95.9 Å². The molecule has 0 saturated carbocycles. The molecule has 1 fully saturated rings.